The number of carbonyl (C=O) groups excluding carboxylic acids is 1. The van der Waals surface area contributed by atoms with E-state index in [-0.39, 0.29) is 16.5 Å². The molecule has 2 aliphatic heterocycles. The van der Waals surface area contributed by atoms with E-state index in [2.05, 4.69) is 15.3 Å². The van der Waals surface area contributed by atoms with Crippen LogP contribution in [0.3, 0.4) is 0 Å². The Kier molecular flexibility index (Phi) is 6.69. The maximum atomic E-state index is 15.1. The van der Waals surface area contributed by atoms with E-state index in [9.17, 15) is 4.79 Å². The first-order valence-electron chi connectivity index (χ1n) is 12.2. The molecule has 6 rings (SSSR count). The predicted molar refractivity (Wildman–Crippen MR) is 147 cm³/mol. The summed E-state index contributed by atoms with van der Waals surface area (Å²) >= 11 is 12.3. The van der Waals surface area contributed by atoms with Crippen LogP contribution in [0.5, 0.6) is 5.75 Å². The number of hydrogen-bond acceptors (Lipinski definition) is 6. The highest BCUT2D eigenvalue weighted by Crippen LogP contribution is 2.39. The van der Waals surface area contributed by atoms with Gasteiger partial charge in [0.05, 0.1) is 47.2 Å². The molecule has 2 aliphatic rings. The standard InChI is InChI=1S/C28H23Cl2FN4O3/c29-17-14-20(25(31)22(30)15-17)18-4-3-5-19-26(18)32-16-21(27(19)34-8-11-37-12-9-34)28(36)33-35-10-13-38-24-7-2-1-6-23(24)35/h1-7,14-16H,8-13H2,(H,33,36). The van der Waals surface area contributed by atoms with E-state index in [0.717, 1.165) is 11.1 Å². The molecule has 3 aromatic carbocycles. The summed E-state index contributed by atoms with van der Waals surface area (Å²) in [7, 11) is 0. The van der Waals surface area contributed by atoms with Crippen LogP contribution in [0.2, 0.25) is 10.0 Å². The summed E-state index contributed by atoms with van der Waals surface area (Å²) < 4.78 is 26.4. The zero-order valence-electron chi connectivity index (χ0n) is 20.2. The second-order valence-electron chi connectivity index (χ2n) is 8.98. The Hall–Kier alpha value is -3.59. The second kappa shape index (κ2) is 10.3. The Morgan fingerprint density at radius 1 is 0.974 bits per heavy atom. The van der Waals surface area contributed by atoms with Crippen LogP contribution in [-0.2, 0) is 4.74 Å². The van der Waals surface area contributed by atoms with Crippen molar-refractivity contribution in [1.29, 1.82) is 0 Å². The van der Waals surface area contributed by atoms with Gasteiger partial charge in [0.15, 0.2) is 0 Å². The van der Waals surface area contributed by atoms with Crippen molar-refractivity contribution in [3.63, 3.8) is 0 Å². The van der Waals surface area contributed by atoms with Crippen LogP contribution in [0, 0.1) is 5.82 Å². The summed E-state index contributed by atoms with van der Waals surface area (Å²) in [5.41, 5.74) is 6.25. The summed E-state index contributed by atoms with van der Waals surface area (Å²) in [6, 6.07) is 15.9. The summed E-state index contributed by atoms with van der Waals surface area (Å²) in [5.74, 6) is -0.179. The average Bonchev–Trinajstić information content (AvgIpc) is 2.94. The van der Waals surface area contributed by atoms with Crippen molar-refractivity contribution in [1.82, 2.24) is 10.4 Å². The number of para-hydroxylation sites is 3. The number of halogens is 3. The van der Waals surface area contributed by atoms with E-state index in [1.54, 1.807) is 17.3 Å². The molecule has 194 valence electrons. The van der Waals surface area contributed by atoms with Crippen molar-refractivity contribution >= 4 is 51.4 Å². The van der Waals surface area contributed by atoms with Gasteiger partial charge in [0.25, 0.3) is 5.91 Å². The maximum absolute atomic E-state index is 15.1. The van der Waals surface area contributed by atoms with E-state index < -0.39 is 5.82 Å². The summed E-state index contributed by atoms with van der Waals surface area (Å²) in [6.07, 6.45) is 1.54. The zero-order valence-corrected chi connectivity index (χ0v) is 21.7. The Morgan fingerprint density at radius 3 is 2.63 bits per heavy atom. The number of amides is 1. The number of hydrogen-bond donors (Lipinski definition) is 1. The van der Waals surface area contributed by atoms with Crippen molar-refractivity contribution < 1.29 is 18.7 Å². The van der Waals surface area contributed by atoms with Crippen LogP contribution in [-0.4, -0.2) is 50.3 Å². The highest BCUT2D eigenvalue weighted by Gasteiger charge is 2.27. The number of hydrazine groups is 1. The van der Waals surface area contributed by atoms with Crippen molar-refractivity contribution in [2.75, 3.05) is 49.4 Å². The van der Waals surface area contributed by atoms with Gasteiger partial charge in [-0.15, -0.1) is 0 Å². The Bertz CT molecular complexity index is 1540. The number of benzene rings is 3. The van der Waals surface area contributed by atoms with Crippen molar-refractivity contribution in [3.8, 4) is 16.9 Å². The number of aromatic nitrogens is 1. The number of fused-ring (bicyclic) bond motifs is 2. The van der Waals surface area contributed by atoms with Gasteiger partial charge in [-0.1, -0.05) is 53.5 Å². The number of nitrogens with zero attached hydrogens (tertiary/aromatic N) is 3. The quantitative estimate of drug-likeness (QED) is 0.326. The normalized spacial score (nSPS) is 15.2. The minimum Gasteiger partial charge on any atom is -0.489 e. The first-order valence-corrected chi connectivity index (χ1v) is 13.0. The fourth-order valence-electron chi connectivity index (χ4n) is 4.94. The third-order valence-electron chi connectivity index (χ3n) is 6.69. The van der Waals surface area contributed by atoms with Crippen molar-refractivity contribution in [2.45, 2.75) is 0 Å². The molecule has 3 heterocycles. The molecule has 0 saturated carbocycles. The lowest BCUT2D eigenvalue weighted by Gasteiger charge is -2.33. The van der Waals surface area contributed by atoms with E-state index in [1.807, 2.05) is 36.4 Å². The third kappa shape index (κ3) is 4.49. The SMILES string of the molecule is O=C(NN1CCOc2ccccc21)c1cnc2c(-c3cc(Cl)cc(Cl)c3F)cccc2c1N1CCOCC1. The predicted octanol–water partition coefficient (Wildman–Crippen LogP) is 5.73. The van der Waals surface area contributed by atoms with Gasteiger partial charge in [-0.05, 0) is 24.3 Å². The van der Waals surface area contributed by atoms with E-state index in [0.29, 0.717) is 72.6 Å². The van der Waals surface area contributed by atoms with Crippen LogP contribution in [0.1, 0.15) is 10.4 Å². The molecular weight excluding hydrogens is 530 g/mol. The minimum atomic E-state index is -0.578. The number of pyridine rings is 1. The van der Waals surface area contributed by atoms with Gasteiger partial charge in [-0.3, -0.25) is 20.2 Å². The van der Waals surface area contributed by atoms with Gasteiger partial charge >= 0.3 is 0 Å². The van der Waals surface area contributed by atoms with E-state index in [4.69, 9.17) is 32.7 Å². The number of nitrogens with one attached hydrogen (secondary N) is 1. The zero-order chi connectivity index (χ0) is 26.2. The molecule has 4 aromatic rings. The molecule has 0 spiro atoms. The Labute approximate surface area is 228 Å². The van der Waals surface area contributed by atoms with Crippen LogP contribution < -0.4 is 20.1 Å². The lowest BCUT2D eigenvalue weighted by Crippen LogP contribution is -2.47. The molecule has 10 heteroatoms. The molecule has 7 nitrogen and oxygen atoms in total. The molecule has 1 saturated heterocycles. The van der Waals surface area contributed by atoms with Crippen LogP contribution in [0.15, 0.2) is 60.8 Å². The first-order chi connectivity index (χ1) is 18.5. The highest BCUT2D eigenvalue weighted by atomic mass is 35.5. The monoisotopic (exact) mass is 552 g/mol. The molecule has 1 aromatic heterocycles. The highest BCUT2D eigenvalue weighted by molar-refractivity contribution is 6.35. The fraction of sp³-hybridized carbons (Fsp3) is 0.214. The van der Waals surface area contributed by atoms with Crippen molar-refractivity contribution in [2.24, 2.45) is 0 Å². The lowest BCUT2D eigenvalue weighted by atomic mass is 9.98. The van der Waals surface area contributed by atoms with Gasteiger partial charge in [0.2, 0.25) is 0 Å². The molecule has 0 unspecified atom stereocenters. The number of ether oxygens (including phenoxy) is 2. The number of rotatable bonds is 4. The van der Waals surface area contributed by atoms with E-state index >= 15 is 4.39 Å². The third-order valence-corrected chi connectivity index (χ3v) is 7.18. The molecule has 0 atom stereocenters. The fourth-order valence-corrected chi connectivity index (χ4v) is 5.43. The second-order valence-corrected chi connectivity index (χ2v) is 9.82. The summed E-state index contributed by atoms with van der Waals surface area (Å²) in [4.78, 5) is 20.5. The van der Waals surface area contributed by atoms with Crippen LogP contribution in [0.25, 0.3) is 22.0 Å². The number of carbonyl (C=O) groups is 1. The minimum absolute atomic E-state index is 0.0697. The van der Waals surface area contributed by atoms with Gasteiger partial charge in [-0.2, -0.15) is 0 Å². The van der Waals surface area contributed by atoms with Crippen molar-refractivity contribution in [3.05, 3.63) is 82.2 Å². The molecular formula is C28H23Cl2FN4O3. The smallest absolute Gasteiger partial charge is 0.273 e. The number of morpholine rings is 1. The van der Waals surface area contributed by atoms with Gasteiger partial charge in [0.1, 0.15) is 18.2 Å². The average molecular weight is 553 g/mol. The summed E-state index contributed by atoms with van der Waals surface area (Å²) in [5, 5.41) is 2.75. The van der Waals surface area contributed by atoms with E-state index in [1.165, 1.54) is 12.1 Å². The Morgan fingerprint density at radius 2 is 1.79 bits per heavy atom. The van der Waals surface area contributed by atoms with Crippen LogP contribution in [0.4, 0.5) is 15.8 Å². The lowest BCUT2D eigenvalue weighted by molar-refractivity contribution is 0.0943. The van der Waals surface area contributed by atoms with Gasteiger partial charge < -0.3 is 14.4 Å². The molecule has 0 aliphatic carbocycles. The molecule has 1 amide bonds. The first kappa shape index (κ1) is 24.7. The molecule has 38 heavy (non-hydrogen) atoms. The number of anilines is 2. The molecule has 1 N–H and O–H groups in total. The molecule has 0 radical (unpaired) electrons. The largest absolute Gasteiger partial charge is 0.489 e. The van der Waals surface area contributed by atoms with Gasteiger partial charge in [0, 0.05) is 40.8 Å². The molecule has 0 bridgehead atoms. The van der Waals surface area contributed by atoms with Gasteiger partial charge in [-0.25, -0.2) is 4.39 Å². The van der Waals surface area contributed by atoms with Crippen LogP contribution >= 0.6 is 23.2 Å². The maximum Gasteiger partial charge on any atom is 0.273 e. The molecule has 1 fully saturated rings. The topological polar surface area (TPSA) is 66.9 Å². The summed E-state index contributed by atoms with van der Waals surface area (Å²) in [6.45, 7) is 3.19. The Balaban J connectivity index is 1.47.